The lowest BCUT2D eigenvalue weighted by atomic mass is 10.2. The Morgan fingerprint density at radius 1 is 1.24 bits per heavy atom. The summed E-state index contributed by atoms with van der Waals surface area (Å²) in [5, 5.41) is 4.43. The van der Waals surface area contributed by atoms with Crippen molar-refractivity contribution >= 4 is 23.8 Å². The highest BCUT2D eigenvalue weighted by Gasteiger charge is 1.97. The summed E-state index contributed by atoms with van der Waals surface area (Å²) in [4.78, 5) is 8.14. The average molecular weight is 247 g/mol. The second-order valence-corrected chi connectivity index (χ2v) is 3.82. The molecule has 0 bridgehead atoms. The smallest absolute Gasteiger partial charge is 0.245 e. The van der Waals surface area contributed by atoms with Crippen molar-refractivity contribution in [3.8, 4) is 0 Å². The summed E-state index contributed by atoms with van der Waals surface area (Å²) in [6, 6.07) is 11.4. The van der Waals surface area contributed by atoms with Crippen LogP contribution in [-0.4, -0.2) is 16.2 Å². The Kier molecular flexibility index (Phi) is 3.67. The summed E-state index contributed by atoms with van der Waals surface area (Å²) in [5.41, 5.74) is 4.53. The van der Waals surface area contributed by atoms with Crippen LogP contribution in [0, 0.1) is 6.92 Å². The number of halogens is 1. The predicted octanol–water partition coefficient (Wildman–Crippen LogP) is 2.88. The molecule has 0 saturated carbocycles. The van der Waals surface area contributed by atoms with Crippen molar-refractivity contribution in [3.05, 3.63) is 52.8 Å². The maximum atomic E-state index is 5.80. The van der Waals surface area contributed by atoms with E-state index in [1.165, 1.54) is 0 Å². The largest absolute Gasteiger partial charge is 0.245 e. The summed E-state index contributed by atoms with van der Waals surface area (Å²) >= 11 is 5.80. The minimum Gasteiger partial charge on any atom is -0.245 e. The van der Waals surface area contributed by atoms with Crippen molar-refractivity contribution in [2.75, 3.05) is 5.43 Å². The maximum absolute atomic E-state index is 5.80. The number of aromatic nitrogens is 2. The predicted molar refractivity (Wildman–Crippen MR) is 69.4 cm³/mol. The van der Waals surface area contributed by atoms with Crippen LogP contribution in [-0.2, 0) is 0 Å². The van der Waals surface area contributed by atoms with Crippen LogP contribution in [0.1, 0.15) is 11.3 Å². The SMILES string of the molecule is Cc1cc(Cl)nc(N/N=C/c2ccccc2)n1. The molecule has 2 aromatic rings. The molecule has 1 N–H and O–H groups in total. The Bertz CT molecular complexity index is 505. The van der Waals surface area contributed by atoms with Gasteiger partial charge in [0.25, 0.3) is 0 Å². The Hall–Kier alpha value is -1.94. The molecular weight excluding hydrogens is 236 g/mol. The lowest BCUT2D eigenvalue weighted by Crippen LogP contribution is -1.98. The van der Waals surface area contributed by atoms with Gasteiger partial charge in [-0.1, -0.05) is 41.9 Å². The number of hydrazone groups is 1. The van der Waals surface area contributed by atoms with Crippen molar-refractivity contribution in [1.82, 2.24) is 9.97 Å². The number of benzene rings is 1. The van der Waals surface area contributed by atoms with Crippen LogP contribution in [0.25, 0.3) is 0 Å². The highest BCUT2D eigenvalue weighted by Crippen LogP contribution is 2.09. The van der Waals surface area contributed by atoms with E-state index in [0.29, 0.717) is 11.1 Å². The molecule has 1 aromatic carbocycles. The Morgan fingerprint density at radius 2 is 2.00 bits per heavy atom. The van der Waals surface area contributed by atoms with E-state index in [9.17, 15) is 0 Å². The van der Waals surface area contributed by atoms with E-state index in [2.05, 4.69) is 20.5 Å². The van der Waals surface area contributed by atoms with E-state index < -0.39 is 0 Å². The van der Waals surface area contributed by atoms with Crippen LogP contribution in [0.5, 0.6) is 0 Å². The lowest BCUT2D eigenvalue weighted by Gasteiger charge is -2.00. The first-order valence-electron chi connectivity index (χ1n) is 5.09. The molecule has 17 heavy (non-hydrogen) atoms. The van der Waals surface area contributed by atoms with Crippen molar-refractivity contribution < 1.29 is 0 Å². The Morgan fingerprint density at radius 3 is 2.71 bits per heavy atom. The van der Waals surface area contributed by atoms with Crippen molar-refractivity contribution in [2.45, 2.75) is 6.92 Å². The van der Waals surface area contributed by atoms with Gasteiger partial charge >= 0.3 is 0 Å². The lowest BCUT2D eigenvalue weighted by molar-refractivity contribution is 1.07. The zero-order chi connectivity index (χ0) is 12.1. The highest BCUT2D eigenvalue weighted by atomic mass is 35.5. The van der Waals surface area contributed by atoms with Crippen molar-refractivity contribution in [1.29, 1.82) is 0 Å². The van der Waals surface area contributed by atoms with Crippen LogP contribution in [0.2, 0.25) is 5.15 Å². The molecule has 0 atom stereocenters. The van der Waals surface area contributed by atoms with Crippen molar-refractivity contribution in [2.24, 2.45) is 5.10 Å². The summed E-state index contributed by atoms with van der Waals surface area (Å²) in [6.45, 7) is 1.85. The van der Waals surface area contributed by atoms with E-state index in [-0.39, 0.29) is 0 Å². The summed E-state index contributed by atoms with van der Waals surface area (Å²) in [7, 11) is 0. The fourth-order valence-corrected chi connectivity index (χ4v) is 1.52. The third kappa shape index (κ3) is 3.53. The minimum atomic E-state index is 0.391. The van der Waals surface area contributed by atoms with Gasteiger partial charge in [0.2, 0.25) is 5.95 Å². The molecule has 86 valence electrons. The first-order valence-corrected chi connectivity index (χ1v) is 5.47. The van der Waals surface area contributed by atoms with Crippen LogP contribution in [0.15, 0.2) is 41.5 Å². The van der Waals surface area contributed by atoms with Gasteiger partial charge in [-0.3, -0.25) is 0 Å². The van der Waals surface area contributed by atoms with Gasteiger partial charge in [0.15, 0.2) is 0 Å². The number of nitrogens with zero attached hydrogens (tertiary/aromatic N) is 3. The van der Waals surface area contributed by atoms with E-state index in [0.717, 1.165) is 11.3 Å². The normalized spacial score (nSPS) is 10.7. The molecule has 0 fully saturated rings. The Labute approximate surface area is 104 Å². The van der Waals surface area contributed by atoms with Gasteiger partial charge in [0, 0.05) is 5.69 Å². The highest BCUT2D eigenvalue weighted by molar-refractivity contribution is 6.29. The van der Waals surface area contributed by atoms with Crippen LogP contribution >= 0.6 is 11.6 Å². The molecule has 0 aliphatic heterocycles. The van der Waals surface area contributed by atoms with E-state index in [1.807, 2.05) is 37.3 Å². The second kappa shape index (κ2) is 5.41. The van der Waals surface area contributed by atoms with E-state index in [1.54, 1.807) is 12.3 Å². The number of anilines is 1. The molecule has 1 heterocycles. The average Bonchev–Trinajstić information content (AvgIpc) is 2.29. The number of rotatable bonds is 3. The molecule has 0 unspecified atom stereocenters. The molecule has 0 amide bonds. The van der Waals surface area contributed by atoms with Gasteiger partial charge in [-0.15, -0.1) is 0 Å². The van der Waals surface area contributed by atoms with Crippen LogP contribution in [0.4, 0.5) is 5.95 Å². The van der Waals surface area contributed by atoms with Gasteiger partial charge < -0.3 is 0 Å². The van der Waals surface area contributed by atoms with Gasteiger partial charge in [0.05, 0.1) is 6.21 Å². The van der Waals surface area contributed by atoms with Gasteiger partial charge in [-0.2, -0.15) is 10.1 Å². The zero-order valence-electron chi connectivity index (χ0n) is 9.26. The molecule has 0 saturated heterocycles. The number of aryl methyl sites for hydroxylation is 1. The third-order valence-corrected chi connectivity index (χ3v) is 2.19. The molecule has 4 nitrogen and oxygen atoms in total. The van der Waals surface area contributed by atoms with E-state index in [4.69, 9.17) is 11.6 Å². The number of hydrogen-bond donors (Lipinski definition) is 1. The first kappa shape index (κ1) is 11.5. The van der Waals surface area contributed by atoms with Gasteiger partial charge in [0.1, 0.15) is 5.15 Å². The topological polar surface area (TPSA) is 50.2 Å². The Balaban J connectivity index is 2.05. The maximum Gasteiger partial charge on any atom is 0.245 e. The van der Waals surface area contributed by atoms with Crippen molar-refractivity contribution in [3.63, 3.8) is 0 Å². The zero-order valence-corrected chi connectivity index (χ0v) is 10.0. The minimum absolute atomic E-state index is 0.391. The number of hydrogen-bond acceptors (Lipinski definition) is 4. The molecule has 5 heteroatoms. The molecule has 1 aromatic heterocycles. The van der Waals surface area contributed by atoms with Crippen LogP contribution in [0.3, 0.4) is 0 Å². The quantitative estimate of drug-likeness (QED) is 0.515. The van der Waals surface area contributed by atoms with E-state index >= 15 is 0 Å². The monoisotopic (exact) mass is 246 g/mol. The fourth-order valence-electron chi connectivity index (χ4n) is 1.28. The third-order valence-electron chi connectivity index (χ3n) is 2.00. The molecule has 0 aliphatic carbocycles. The molecule has 0 spiro atoms. The first-order chi connectivity index (χ1) is 8.24. The standard InChI is InChI=1S/C12H11ClN4/c1-9-7-11(13)16-12(15-9)17-14-8-10-5-3-2-4-6-10/h2-8H,1H3,(H,15,16,17)/b14-8+. The summed E-state index contributed by atoms with van der Waals surface area (Å²) < 4.78 is 0. The second-order valence-electron chi connectivity index (χ2n) is 3.44. The van der Waals surface area contributed by atoms with Crippen LogP contribution < -0.4 is 5.43 Å². The molecule has 0 radical (unpaired) electrons. The number of nitrogens with one attached hydrogen (secondary N) is 1. The summed E-state index contributed by atoms with van der Waals surface area (Å²) in [6.07, 6.45) is 1.69. The van der Waals surface area contributed by atoms with Gasteiger partial charge in [-0.05, 0) is 18.6 Å². The molecule has 2 rings (SSSR count). The molecular formula is C12H11ClN4. The van der Waals surface area contributed by atoms with Gasteiger partial charge in [-0.25, -0.2) is 10.4 Å². The molecule has 0 aliphatic rings. The fraction of sp³-hybridized carbons (Fsp3) is 0.0833. The summed E-state index contributed by atoms with van der Waals surface area (Å²) in [5.74, 6) is 0.391.